The second-order valence-corrected chi connectivity index (χ2v) is 9.54. The lowest BCUT2D eigenvalue weighted by atomic mass is 10.1. The number of benzene rings is 3. The van der Waals surface area contributed by atoms with E-state index in [-0.39, 0.29) is 24.6 Å². The van der Waals surface area contributed by atoms with Gasteiger partial charge in [0.15, 0.2) is 0 Å². The van der Waals surface area contributed by atoms with Crippen molar-refractivity contribution in [1.82, 2.24) is 5.32 Å². The summed E-state index contributed by atoms with van der Waals surface area (Å²) in [5.41, 5.74) is 3.63. The average molecular weight is 453 g/mol. The molecule has 0 spiro atoms. The van der Waals surface area contributed by atoms with Crippen molar-refractivity contribution in [3.63, 3.8) is 0 Å². The summed E-state index contributed by atoms with van der Waals surface area (Å²) < 4.78 is 33.3. The minimum atomic E-state index is -3.90. The number of aryl methyl sites for hydroxylation is 3. The summed E-state index contributed by atoms with van der Waals surface area (Å²) in [6.07, 6.45) is 0. The molecule has 6 nitrogen and oxygen atoms in total. The first kappa shape index (κ1) is 23.3. The summed E-state index contributed by atoms with van der Waals surface area (Å²) in [6.45, 7) is 6.12. The van der Waals surface area contributed by atoms with Gasteiger partial charge in [-0.3, -0.25) is 9.10 Å². The molecule has 3 rings (SSSR count). The molecule has 0 aliphatic carbocycles. The van der Waals surface area contributed by atoms with Gasteiger partial charge in [-0.05, 0) is 68.3 Å². The van der Waals surface area contributed by atoms with E-state index in [1.165, 1.54) is 12.1 Å². The number of amides is 1. The van der Waals surface area contributed by atoms with E-state index < -0.39 is 15.9 Å². The molecule has 1 amide bonds. The number of sulfonamides is 1. The Morgan fingerprint density at radius 2 is 1.50 bits per heavy atom. The fourth-order valence-electron chi connectivity index (χ4n) is 3.31. The van der Waals surface area contributed by atoms with Crippen LogP contribution in [-0.4, -0.2) is 34.0 Å². The Labute approximate surface area is 189 Å². The van der Waals surface area contributed by atoms with Gasteiger partial charge >= 0.3 is 0 Å². The lowest BCUT2D eigenvalue weighted by Crippen LogP contribution is -2.41. The van der Waals surface area contributed by atoms with Gasteiger partial charge in [0.2, 0.25) is 5.91 Å². The summed E-state index contributed by atoms with van der Waals surface area (Å²) in [5.74, 6) is 0.332. The van der Waals surface area contributed by atoms with Gasteiger partial charge in [0.1, 0.15) is 18.9 Å². The predicted octanol–water partition coefficient (Wildman–Crippen LogP) is 4.00. The topological polar surface area (TPSA) is 75.7 Å². The molecule has 168 valence electrons. The number of anilines is 1. The molecule has 0 saturated carbocycles. The van der Waals surface area contributed by atoms with Crippen LogP contribution in [0.1, 0.15) is 16.7 Å². The summed E-state index contributed by atoms with van der Waals surface area (Å²) in [7, 11) is -3.90. The monoisotopic (exact) mass is 452 g/mol. The van der Waals surface area contributed by atoms with Crippen LogP contribution in [0.4, 0.5) is 5.69 Å². The Bertz CT molecular complexity index is 1140. The number of ether oxygens (including phenoxy) is 1. The van der Waals surface area contributed by atoms with Crippen LogP contribution in [0.5, 0.6) is 5.75 Å². The number of rotatable bonds is 9. The zero-order valence-corrected chi connectivity index (χ0v) is 19.4. The molecule has 0 aliphatic rings. The Hall–Kier alpha value is -3.32. The number of hydrogen-bond acceptors (Lipinski definition) is 4. The lowest BCUT2D eigenvalue weighted by molar-refractivity contribution is -0.119. The second-order valence-electron chi connectivity index (χ2n) is 7.68. The summed E-state index contributed by atoms with van der Waals surface area (Å²) in [6, 6.07) is 21.1. The third kappa shape index (κ3) is 6.11. The smallest absolute Gasteiger partial charge is 0.264 e. The van der Waals surface area contributed by atoms with Gasteiger partial charge in [-0.2, -0.15) is 0 Å². The number of carbonyl (C=O) groups excluding carboxylic acids is 1. The van der Waals surface area contributed by atoms with Crippen molar-refractivity contribution >= 4 is 21.6 Å². The van der Waals surface area contributed by atoms with Gasteiger partial charge in [0.25, 0.3) is 10.0 Å². The summed E-state index contributed by atoms with van der Waals surface area (Å²) in [5, 5.41) is 2.75. The molecule has 0 bridgehead atoms. The standard InChI is InChI=1S/C25H28N2O4S/c1-19-9-11-22(12-10-19)27(32(29,30)24-7-5-4-6-8-24)18-25(28)26-13-14-31-23-16-20(2)15-21(3)17-23/h4-12,15-17H,13-14,18H2,1-3H3,(H,26,28). The van der Waals surface area contributed by atoms with Crippen molar-refractivity contribution < 1.29 is 17.9 Å². The van der Waals surface area contributed by atoms with Crippen molar-refractivity contribution in [2.75, 3.05) is 24.0 Å². The maximum Gasteiger partial charge on any atom is 0.264 e. The van der Waals surface area contributed by atoms with Gasteiger partial charge in [-0.25, -0.2) is 8.42 Å². The van der Waals surface area contributed by atoms with E-state index in [2.05, 4.69) is 11.4 Å². The molecule has 0 radical (unpaired) electrons. The van der Waals surface area contributed by atoms with E-state index in [0.29, 0.717) is 5.69 Å². The highest BCUT2D eigenvalue weighted by atomic mass is 32.2. The van der Waals surface area contributed by atoms with Gasteiger partial charge in [0, 0.05) is 0 Å². The van der Waals surface area contributed by atoms with Gasteiger partial charge in [-0.1, -0.05) is 42.0 Å². The fourth-order valence-corrected chi connectivity index (χ4v) is 4.75. The maximum absolute atomic E-state index is 13.3. The Morgan fingerprint density at radius 3 is 2.12 bits per heavy atom. The van der Waals surface area contributed by atoms with Crippen molar-refractivity contribution in [3.8, 4) is 5.75 Å². The first-order valence-corrected chi connectivity index (χ1v) is 11.8. The fraction of sp³-hybridized carbons (Fsp3) is 0.240. The van der Waals surface area contributed by atoms with Crippen LogP contribution in [-0.2, 0) is 14.8 Å². The van der Waals surface area contributed by atoms with Gasteiger partial charge in [-0.15, -0.1) is 0 Å². The largest absolute Gasteiger partial charge is 0.492 e. The van der Waals surface area contributed by atoms with E-state index in [1.54, 1.807) is 30.3 Å². The van der Waals surface area contributed by atoms with Crippen LogP contribution in [0.25, 0.3) is 0 Å². The molecule has 3 aromatic rings. The molecule has 3 aromatic carbocycles. The third-order valence-corrected chi connectivity index (χ3v) is 6.62. The number of hydrogen-bond donors (Lipinski definition) is 1. The SMILES string of the molecule is Cc1ccc(N(CC(=O)NCCOc2cc(C)cc(C)c2)S(=O)(=O)c2ccccc2)cc1. The molecule has 32 heavy (non-hydrogen) atoms. The lowest BCUT2D eigenvalue weighted by Gasteiger charge is -2.24. The highest BCUT2D eigenvalue weighted by Crippen LogP contribution is 2.24. The van der Waals surface area contributed by atoms with Crippen LogP contribution in [0, 0.1) is 20.8 Å². The Kier molecular flexibility index (Phi) is 7.53. The minimum Gasteiger partial charge on any atom is -0.492 e. The zero-order valence-electron chi connectivity index (χ0n) is 18.5. The Balaban J connectivity index is 1.68. The van der Waals surface area contributed by atoms with Crippen LogP contribution >= 0.6 is 0 Å². The molecular formula is C25H28N2O4S. The molecule has 0 saturated heterocycles. The maximum atomic E-state index is 13.3. The van der Waals surface area contributed by atoms with Crippen LogP contribution in [0.2, 0.25) is 0 Å². The van der Waals surface area contributed by atoms with Crippen LogP contribution in [0.15, 0.2) is 77.7 Å². The normalized spacial score (nSPS) is 11.1. The van der Waals surface area contributed by atoms with E-state index in [0.717, 1.165) is 26.7 Å². The first-order chi connectivity index (χ1) is 15.3. The van der Waals surface area contributed by atoms with Crippen molar-refractivity contribution in [2.24, 2.45) is 0 Å². The molecule has 0 heterocycles. The third-order valence-electron chi connectivity index (χ3n) is 4.83. The minimum absolute atomic E-state index is 0.131. The summed E-state index contributed by atoms with van der Waals surface area (Å²) >= 11 is 0. The second kappa shape index (κ2) is 10.3. The highest BCUT2D eigenvalue weighted by molar-refractivity contribution is 7.92. The van der Waals surface area contributed by atoms with E-state index >= 15 is 0 Å². The van der Waals surface area contributed by atoms with Crippen molar-refractivity contribution in [2.45, 2.75) is 25.7 Å². The van der Waals surface area contributed by atoms with Crippen LogP contribution < -0.4 is 14.4 Å². The predicted molar refractivity (Wildman–Crippen MR) is 127 cm³/mol. The zero-order chi connectivity index (χ0) is 23.1. The van der Waals surface area contributed by atoms with E-state index in [4.69, 9.17) is 4.74 Å². The molecule has 0 aliphatic heterocycles. The Morgan fingerprint density at radius 1 is 0.875 bits per heavy atom. The van der Waals surface area contributed by atoms with Crippen LogP contribution in [0.3, 0.4) is 0 Å². The summed E-state index contributed by atoms with van der Waals surface area (Å²) in [4.78, 5) is 12.7. The van der Waals surface area contributed by atoms with E-state index in [9.17, 15) is 13.2 Å². The van der Waals surface area contributed by atoms with E-state index in [1.807, 2.05) is 45.0 Å². The molecular weight excluding hydrogens is 424 g/mol. The first-order valence-electron chi connectivity index (χ1n) is 10.4. The van der Waals surface area contributed by atoms with Crippen molar-refractivity contribution in [1.29, 1.82) is 0 Å². The molecule has 0 unspecified atom stereocenters. The van der Waals surface area contributed by atoms with Gasteiger partial charge in [0.05, 0.1) is 17.1 Å². The van der Waals surface area contributed by atoms with Gasteiger partial charge < -0.3 is 10.1 Å². The number of nitrogens with zero attached hydrogens (tertiary/aromatic N) is 1. The van der Waals surface area contributed by atoms with Crippen molar-refractivity contribution in [3.05, 3.63) is 89.5 Å². The quantitative estimate of drug-likeness (QED) is 0.498. The molecule has 0 fully saturated rings. The number of carbonyl (C=O) groups is 1. The molecule has 0 aromatic heterocycles. The average Bonchev–Trinajstić information content (AvgIpc) is 2.76. The number of nitrogens with one attached hydrogen (secondary N) is 1. The molecule has 0 atom stereocenters. The molecule has 1 N–H and O–H groups in total. The highest BCUT2D eigenvalue weighted by Gasteiger charge is 2.26. The molecule has 7 heteroatoms.